The Morgan fingerprint density at radius 3 is 2.18 bits per heavy atom. The second-order valence-electron chi connectivity index (χ2n) is 8.93. The summed E-state index contributed by atoms with van der Waals surface area (Å²) in [5.74, 6) is 0.472. The van der Waals surface area contributed by atoms with Gasteiger partial charge in [-0.25, -0.2) is 12.7 Å². The average Bonchev–Trinajstić information content (AvgIpc) is 3.29. The largest absolute Gasteiger partial charge is 0.417 e. The first-order valence-electron chi connectivity index (χ1n) is 11.6. The molecular formula is C24H27F3N4O2S. The molecule has 2 aromatic carbocycles. The summed E-state index contributed by atoms with van der Waals surface area (Å²) in [4.78, 5) is 9.04. The molecule has 5 rings (SSSR count). The van der Waals surface area contributed by atoms with Crippen LogP contribution in [0.15, 0.2) is 58.4 Å². The first kappa shape index (κ1) is 23.2. The number of sulfonamides is 1. The van der Waals surface area contributed by atoms with Gasteiger partial charge >= 0.3 is 6.18 Å². The van der Waals surface area contributed by atoms with E-state index in [1.165, 1.54) is 66.0 Å². The Labute approximate surface area is 197 Å². The van der Waals surface area contributed by atoms with Gasteiger partial charge in [-0.1, -0.05) is 36.8 Å². The third-order valence-corrected chi connectivity index (χ3v) is 8.75. The van der Waals surface area contributed by atoms with E-state index in [9.17, 15) is 21.6 Å². The maximum absolute atomic E-state index is 13.4. The number of aliphatic imine (C=N–C) groups is 1. The number of hydrogen-bond acceptors (Lipinski definition) is 5. The molecule has 1 aliphatic carbocycles. The van der Waals surface area contributed by atoms with Crippen LogP contribution in [0.1, 0.15) is 24.8 Å². The van der Waals surface area contributed by atoms with Gasteiger partial charge in [0.05, 0.1) is 23.5 Å². The second-order valence-corrected chi connectivity index (χ2v) is 10.8. The molecule has 1 saturated heterocycles. The van der Waals surface area contributed by atoms with Gasteiger partial charge in [0.25, 0.3) is 10.0 Å². The van der Waals surface area contributed by atoms with Crippen molar-refractivity contribution < 1.29 is 21.6 Å². The van der Waals surface area contributed by atoms with Crippen LogP contribution in [0.4, 0.5) is 13.2 Å². The molecule has 0 amide bonds. The van der Waals surface area contributed by atoms with Crippen LogP contribution < -0.4 is 0 Å². The quantitative estimate of drug-likeness (QED) is 0.650. The third-order valence-electron chi connectivity index (χ3n) is 6.95. The van der Waals surface area contributed by atoms with Crippen molar-refractivity contribution in [2.24, 2.45) is 4.99 Å². The van der Waals surface area contributed by atoms with E-state index in [1.54, 1.807) is 0 Å². The molecule has 182 valence electrons. The zero-order chi connectivity index (χ0) is 23.9. The molecule has 1 saturated carbocycles. The normalized spacial score (nSPS) is 20.4. The Bertz CT molecular complexity index is 1170. The smallest absolute Gasteiger partial charge is 0.339 e. The lowest BCUT2D eigenvalue weighted by molar-refractivity contribution is -0.137. The summed E-state index contributed by atoms with van der Waals surface area (Å²) in [7, 11) is -3.87. The van der Waals surface area contributed by atoms with E-state index in [4.69, 9.17) is 0 Å². The van der Waals surface area contributed by atoms with Gasteiger partial charge in [0.2, 0.25) is 5.96 Å². The highest BCUT2D eigenvalue weighted by atomic mass is 32.2. The van der Waals surface area contributed by atoms with Crippen molar-refractivity contribution in [1.82, 2.24) is 14.1 Å². The van der Waals surface area contributed by atoms with Gasteiger partial charge in [-0.05, 0) is 42.2 Å². The fourth-order valence-corrected chi connectivity index (χ4v) is 6.30. The highest BCUT2D eigenvalue weighted by Gasteiger charge is 2.37. The zero-order valence-corrected chi connectivity index (χ0v) is 19.5. The number of rotatable bonds is 4. The summed E-state index contributed by atoms with van der Waals surface area (Å²) in [6.07, 6.45) is -0.731. The van der Waals surface area contributed by atoms with Crippen LogP contribution in [0.3, 0.4) is 0 Å². The summed E-state index contributed by atoms with van der Waals surface area (Å²) in [6.45, 7) is 3.91. The van der Waals surface area contributed by atoms with E-state index in [0.717, 1.165) is 32.2 Å². The minimum Gasteiger partial charge on any atom is -0.339 e. The molecule has 6 nitrogen and oxygen atoms in total. The first-order valence-corrected chi connectivity index (χ1v) is 13.0. The summed E-state index contributed by atoms with van der Waals surface area (Å²) in [5, 5.41) is 0. The van der Waals surface area contributed by atoms with Crippen molar-refractivity contribution in [1.29, 1.82) is 0 Å². The molecule has 3 aliphatic rings. The van der Waals surface area contributed by atoms with Crippen molar-refractivity contribution in [3.05, 3.63) is 54.1 Å². The van der Waals surface area contributed by atoms with Gasteiger partial charge in [-0.15, -0.1) is 0 Å². The number of alkyl halides is 3. The van der Waals surface area contributed by atoms with Crippen LogP contribution in [-0.2, 0) is 16.2 Å². The maximum atomic E-state index is 13.4. The monoisotopic (exact) mass is 492 g/mol. The SMILES string of the molecule is O=S(=O)(c1ccc(-c2ccccc2C(F)(F)F)cc1)N1CCN=C1N1CCN(C2CCC2)CC1. The van der Waals surface area contributed by atoms with Crippen LogP contribution in [0.5, 0.6) is 0 Å². The third kappa shape index (κ3) is 4.29. The molecule has 2 aliphatic heterocycles. The van der Waals surface area contributed by atoms with Crippen molar-refractivity contribution in [3.63, 3.8) is 0 Å². The van der Waals surface area contributed by atoms with Crippen molar-refractivity contribution >= 4 is 16.0 Å². The van der Waals surface area contributed by atoms with Crippen LogP contribution in [0.25, 0.3) is 11.1 Å². The van der Waals surface area contributed by atoms with E-state index in [0.29, 0.717) is 24.1 Å². The molecule has 2 fully saturated rings. The summed E-state index contributed by atoms with van der Waals surface area (Å²) < 4.78 is 68.4. The lowest BCUT2D eigenvalue weighted by atomic mass is 9.91. The van der Waals surface area contributed by atoms with Gasteiger partial charge in [0.1, 0.15) is 0 Å². The van der Waals surface area contributed by atoms with E-state index in [1.807, 2.05) is 4.90 Å². The maximum Gasteiger partial charge on any atom is 0.417 e. The second kappa shape index (κ2) is 8.88. The lowest BCUT2D eigenvalue weighted by Crippen LogP contribution is -2.56. The van der Waals surface area contributed by atoms with Gasteiger partial charge in [0.15, 0.2) is 0 Å². The molecule has 0 unspecified atom stereocenters. The van der Waals surface area contributed by atoms with Crippen molar-refractivity contribution in [3.8, 4) is 11.1 Å². The van der Waals surface area contributed by atoms with Crippen LogP contribution in [-0.4, -0.2) is 73.8 Å². The highest BCUT2D eigenvalue weighted by Crippen LogP contribution is 2.37. The van der Waals surface area contributed by atoms with E-state index < -0.39 is 21.8 Å². The van der Waals surface area contributed by atoms with Gasteiger partial charge in [0, 0.05) is 32.2 Å². The number of piperazine rings is 1. The molecule has 0 atom stereocenters. The van der Waals surface area contributed by atoms with Crippen LogP contribution in [0.2, 0.25) is 0 Å². The molecule has 34 heavy (non-hydrogen) atoms. The number of halogens is 3. The number of guanidine groups is 1. The molecule has 0 spiro atoms. The summed E-state index contributed by atoms with van der Waals surface area (Å²) in [5.41, 5.74) is -0.415. The van der Waals surface area contributed by atoms with Crippen molar-refractivity contribution in [2.75, 3.05) is 39.3 Å². The molecule has 0 aromatic heterocycles. The van der Waals surface area contributed by atoms with Gasteiger partial charge in [-0.2, -0.15) is 13.2 Å². The highest BCUT2D eigenvalue weighted by molar-refractivity contribution is 7.89. The number of nitrogens with zero attached hydrogens (tertiary/aromatic N) is 4. The Balaban J connectivity index is 1.34. The van der Waals surface area contributed by atoms with E-state index >= 15 is 0 Å². The summed E-state index contributed by atoms with van der Waals surface area (Å²) in [6, 6.07) is 11.6. The molecule has 10 heteroatoms. The topological polar surface area (TPSA) is 56.2 Å². The molecular weight excluding hydrogens is 465 g/mol. The Morgan fingerprint density at radius 2 is 1.56 bits per heavy atom. The Kier molecular flexibility index (Phi) is 6.05. The van der Waals surface area contributed by atoms with Gasteiger partial charge < -0.3 is 4.90 Å². The summed E-state index contributed by atoms with van der Waals surface area (Å²) >= 11 is 0. The first-order chi connectivity index (χ1) is 16.2. The Hall–Kier alpha value is -2.59. The molecule has 2 aromatic rings. The van der Waals surface area contributed by atoms with Crippen molar-refractivity contribution in [2.45, 2.75) is 36.4 Å². The number of hydrogen-bond donors (Lipinski definition) is 0. The predicted octanol–water partition coefficient (Wildman–Crippen LogP) is 3.90. The standard InChI is InChI=1S/C24H27F3N4O2S/c25-24(26,27)22-7-2-1-6-21(22)18-8-10-20(11-9-18)34(32,33)31-13-12-28-23(31)30-16-14-29(15-17-30)19-4-3-5-19/h1-2,6-11,19H,3-5,12-17H2. The fourth-order valence-electron chi connectivity index (χ4n) is 4.86. The van der Waals surface area contributed by atoms with Crippen LogP contribution >= 0.6 is 0 Å². The van der Waals surface area contributed by atoms with Crippen LogP contribution in [0, 0.1) is 0 Å². The van der Waals surface area contributed by atoms with E-state index in [2.05, 4.69) is 9.89 Å². The van der Waals surface area contributed by atoms with E-state index in [-0.39, 0.29) is 17.0 Å². The molecule has 0 bridgehead atoms. The minimum absolute atomic E-state index is 0.0201. The predicted molar refractivity (Wildman–Crippen MR) is 124 cm³/mol. The molecule has 0 radical (unpaired) electrons. The molecule has 0 N–H and O–H groups in total. The Morgan fingerprint density at radius 1 is 0.882 bits per heavy atom. The zero-order valence-electron chi connectivity index (χ0n) is 18.7. The number of benzene rings is 2. The fraction of sp³-hybridized carbons (Fsp3) is 0.458. The average molecular weight is 493 g/mol. The lowest BCUT2D eigenvalue weighted by Gasteiger charge is -2.44. The molecule has 2 heterocycles. The van der Waals surface area contributed by atoms with Gasteiger partial charge in [-0.3, -0.25) is 9.89 Å². The minimum atomic E-state index is -4.50.